The number of sulfonamides is 1. The van der Waals surface area contributed by atoms with Gasteiger partial charge in [-0.15, -0.1) is 0 Å². The van der Waals surface area contributed by atoms with Crippen molar-refractivity contribution < 1.29 is 22.7 Å². The first kappa shape index (κ1) is 21.6. The van der Waals surface area contributed by atoms with Crippen LogP contribution in [0.2, 0.25) is 0 Å². The molecule has 0 aromatic heterocycles. The second-order valence-electron chi connectivity index (χ2n) is 7.05. The van der Waals surface area contributed by atoms with Gasteiger partial charge in [0, 0.05) is 11.3 Å². The Morgan fingerprint density at radius 1 is 1.07 bits per heavy atom. The average molecular weight is 429 g/mol. The second-order valence-corrected chi connectivity index (χ2v) is 8.85. The molecule has 0 unspecified atom stereocenters. The fourth-order valence-electron chi connectivity index (χ4n) is 3.31. The molecule has 2 aromatic rings. The van der Waals surface area contributed by atoms with Crippen LogP contribution in [0.15, 0.2) is 48.0 Å². The van der Waals surface area contributed by atoms with Gasteiger partial charge in [0.2, 0.25) is 5.91 Å². The van der Waals surface area contributed by atoms with Gasteiger partial charge in [-0.3, -0.25) is 9.59 Å². The van der Waals surface area contributed by atoms with Crippen LogP contribution in [0.4, 0.5) is 5.69 Å². The standard InChI is InChI=1S/C22H24N2O5S/c1-5-19-21(16-7-10-18(29-4)11-8-16)30(27,28)24(22(19)26)13-20(25)23-17-9-6-14(2)15(3)12-17/h6-12H,5,13H2,1-4H3,(H,23,25). The SMILES string of the molecule is CCC1=C(c2ccc(OC)cc2)S(=O)(=O)N(CC(=O)Nc2ccc(C)c(C)c2)C1=O. The molecule has 1 aliphatic heterocycles. The summed E-state index contributed by atoms with van der Waals surface area (Å²) in [4.78, 5) is 25.3. The minimum atomic E-state index is -4.15. The topological polar surface area (TPSA) is 92.8 Å². The van der Waals surface area contributed by atoms with Crippen LogP contribution < -0.4 is 10.1 Å². The molecule has 0 atom stereocenters. The molecule has 0 saturated heterocycles. The number of carbonyl (C=O) groups is 2. The monoisotopic (exact) mass is 428 g/mol. The van der Waals surface area contributed by atoms with Crippen molar-refractivity contribution in [2.24, 2.45) is 0 Å². The molecule has 8 heteroatoms. The summed E-state index contributed by atoms with van der Waals surface area (Å²) < 4.78 is 32.0. The normalized spacial score (nSPS) is 15.5. The molecule has 7 nitrogen and oxygen atoms in total. The Morgan fingerprint density at radius 2 is 1.73 bits per heavy atom. The van der Waals surface area contributed by atoms with E-state index in [1.165, 1.54) is 7.11 Å². The highest BCUT2D eigenvalue weighted by atomic mass is 32.2. The van der Waals surface area contributed by atoms with Gasteiger partial charge in [-0.05, 0) is 73.4 Å². The second kappa shape index (κ2) is 8.31. The number of anilines is 1. The van der Waals surface area contributed by atoms with Gasteiger partial charge in [-0.25, -0.2) is 12.7 Å². The van der Waals surface area contributed by atoms with Crippen molar-refractivity contribution in [1.82, 2.24) is 4.31 Å². The van der Waals surface area contributed by atoms with E-state index in [0.717, 1.165) is 11.1 Å². The van der Waals surface area contributed by atoms with Crippen molar-refractivity contribution in [3.63, 3.8) is 0 Å². The van der Waals surface area contributed by atoms with Crippen LogP contribution in [0, 0.1) is 13.8 Å². The lowest BCUT2D eigenvalue weighted by molar-refractivity contribution is -0.126. The number of nitrogens with one attached hydrogen (secondary N) is 1. The molecule has 158 valence electrons. The zero-order valence-electron chi connectivity index (χ0n) is 17.4. The van der Waals surface area contributed by atoms with E-state index in [9.17, 15) is 18.0 Å². The van der Waals surface area contributed by atoms with Crippen molar-refractivity contribution in [3.8, 4) is 5.75 Å². The molecule has 0 bridgehead atoms. The number of benzene rings is 2. The van der Waals surface area contributed by atoms with Crippen molar-refractivity contribution in [2.75, 3.05) is 19.0 Å². The largest absolute Gasteiger partial charge is 0.497 e. The van der Waals surface area contributed by atoms with E-state index in [1.54, 1.807) is 43.3 Å². The van der Waals surface area contributed by atoms with Crippen molar-refractivity contribution >= 4 is 32.4 Å². The molecule has 30 heavy (non-hydrogen) atoms. The third-order valence-corrected chi connectivity index (χ3v) is 6.96. The number of amides is 2. The number of aryl methyl sites for hydroxylation is 2. The van der Waals surface area contributed by atoms with Gasteiger partial charge in [-0.1, -0.05) is 13.0 Å². The first-order chi connectivity index (χ1) is 14.2. The highest BCUT2D eigenvalue weighted by Gasteiger charge is 2.44. The number of hydrogen-bond donors (Lipinski definition) is 1. The van der Waals surface area contributed by atoms with Crippen LogP contribution in [0.5, 0.6) is 5.75 Å². The van der Waals surface area contributed by atoms with Gasteiger partial charge >= 0.3 is 0 Å². The van der Waals surface area contributed by atoms with Crippen molar-refractivity contribution in [3.05, 3.63) is 64.7 Å². The molecule has 0 spiro atoms. The highest BCUT2D eigenvalue weighted by Crippen LogP contribution is 2.37. The average Bonchev–Trinajstić information content (AvgIpc) is 2.90. The lowest BCUT2D eigenvalue weighted by atomic mass is 10.1. The Bertz CT molecular complexity index is 1130. The summed E-state index contributed by atoms with van der Waals surface area (Å²) in [7, 11) is -2.64. The quantitative estimate of drug-likeness (QED) is 0.762. The van der Waals surface area contributed by atoms with Gasteiger partial charge in [0.05, 0.1) is 7.11 Å². The maximum Gasteiger partial charge on any atom is 0.268 e. The lowest BCUT2D eigenvalue weighted by Crippen LogP contribution is -2.38. The highest BCUT2D eigenvalue weighted by molar-refractivity contribution is 7.99. The molecular weight excluding hydrogens is 404 g/mol. The summed E-state index contributed by atoms with van der Waals surface area (Å²) in [5, 5.41) is 2.67. The smallest absolute Gasteiger partial charge is 0.268 e. The fraction of sp³-hybridized carbons (Fsp3) is 0.273. The van der Waals surface area contributed by atoms with Crippen LogP contribution in [0.3, 0.4) is 0 Å². The lowest BCUT2D eigenvalue weighted by Gasteiger charge is -2.17. The Labute approximate surface area is 176 Å². The van der Waals surface area contributed by atoms with Gasteiger partial charge < -0.3 is 10.1 Å². The molecule has 0 fully saturated rings. The molecule has 1 heterocycles. The maximum atomic E-state index is 13.2. The first-order valence-corrected chi connectivity index (χ1v) is 10.9. The third-order valence-electron chi connectivity index (χ3n) is 5.09. The van der Waals surface area contributed by atoms with Crippen LogP contribution in [0.1, 0.15) is 30.0 Å². The van der Waals surface area contributed by atoms with Crippen LogP contribution in [-0.4, -0.2) is 38.2 Å². The van der Waals surface area contributed by atoms with Gasteiger partial charge in [0.15, 0.2) is 0 Å². The molecular formula is C22H24N2O5S. The predicted octanol–water partition coefficient (Wildman–Crippen LogP) is 3.24. The van der Waals surface area contributed by atoms with Gasteiger partial charge in [0.1, 0.15) is 17.2 Å². The minimum absolute atomic E-state index is 0.0587. The fourth-order valence-corrected chi connectivity index (χ4v) is 5.12. The third kappa shape index (κ3) is 3.95. The molecule has 2 aromatic carbocycles. The Balaban J connectivity index is 1.87. The molecule has 1 aliphatic rings. The van der Waals surface area contributed by atoms with E-state index in [1.807, 2.05) is 19.9 Å². The Hall–Kier alpha value is -3.13. The Morgan fingerprint density at radius 3 is 2.30 bits per heavy atom. The summed E-state index contributed by atoms with van der Waals surface area (Å²) in [5.74, 6) is -0.677. The molecule has 2 amide bonds. The summed E-state index contributed by atoms with van der Waals surface area (Å²) in [6, 6.07) is 11.8. The van der Waals surface area contributed by atoms with E-state index in [4.69, 9.17) is 4.74 Å². The van der Waals surface area contributed by atoms with Crippen LogP contribution in [0.25, 0.3) is 4.91 Å². The number of ether oxygens (including phenoxy) is 1. The summed E-state index contributed by atoms with van der Waals surface area (Å²) >= 11 is 0. The van der Waals surface area contributed by atoms with Crippen molar-refractivity contribution in [2.45, 2.75) is 27.2 Å². The van der Waals surface area contributed by atoms with Crippen LogP contribution >= 0.6 is 0 Å². The van der Waals surface area contributed by atoms with Crippen molar-refractivity contribution in [1.29, 1.82) is 0 Å². The van der Waals surface area contributed by atoms with E-state index in [-0.39, 0.29) is 16.9 Å². The summed E-state index contributed by atoms with van der Waals surface area (Å²) in [6.07, 6.45) is 0.231. The maximum absolute atomic E-state index is 13.2. The number of nitrogens with zero attached hydrogens (tertiary/aromatic N) is 1. The van der Waals surface area contributed by atoms with Gasteiger partial charge in [0.25, 0.3) is 15.9 Å². The first-order valence-electron chi connectivity index (χ1n) is 9.50. The summed E-state index contributed by atoms with van der Waals surface area (Å²) in [5.41, 5.74) is 3.17. The molecule has 1 N–H and O–H groups in total. The van der Waals surface area contributed by atoms with E-state index < -0.39 is 28.4 Å². The van der Waals surface area contributed by atoms with E-state index in [0.29, 0.717) is 21.3 Å². The van der Waals surface area contributed by atoms with E-state index >= 15 is 0 Å². The number of methoxy groups -OCH3 is 1. The molecule has 3 rings (SSSR count). The molecule has 0 saturated carbocycles. The number of carbonyl (C=O) groups excluding carboxylic acids is 2. The van der Waals surface area contributed by atoms with E-state index in [2.05, 4.69) is 5.32 Å². The van der Waals surface area contributed by atoms with Crippen LogP contribution in [-0.2, 0) is 19.6 Å². The zero-order valence-corrected chi connectivity index (χ0v) is 18.2. The van der Waals surface area contributed by atoms with Gasteiger partial charge in [-0.2, -0.15) is 0 Å². The molecule has 0 radical (unpaired) electrons. The number of rotatable bonds is 6. The summed E-state index contributed by atoms with van der Waals surface area (Å²) in [6.45, 7) is 5.00. The minimum Gasteiger partial charge on any atom is -0.497 e. The zero-order chi connectivity index (χ0) is 22.1. The predicted molar refractivity (Wildman–Crippen MR) is 115 cm³/mol. The molecule has 0 aliphatic carbocycles. The number of hydrogen-bond acceptors (Lipinski definition) is 5. The Kier molecular flexibility index (Phi) is 5.98.